The van der Waals surface area contributed by atoms with E-state index in [9.17, 15) is 13.2 Å². The second-order valence-corrected chi connectivity index (χ2v) is 5.53. The monoisotopic (exact) mass is 335 g/mol. The summed E-state index contributed by atoms with van der Waals surface area (Å²) in [6.45, 7) is 0.342. The van der Waals surface area contributed by atoms with Crippen LogP contribution in [-0.4, -0.2) is 12.0 Å². The summed E-state index contributed by atoms with van der Waals surface area (Å²) in [5, 5.41) is 6.52. The summed E-state index contributed by atoms with van der Waals surface area (Å²) in [4.78, 5) is 4.91. The smallest absolute Gasteiger partial charge is 0.372 e. The first-order valence-corrected chi connectivity index (χ1v) is 7.38. The number of amidine groups is 1. The third-order valence-corrected chi connectivity index (χ3v) is 3.88. The van der Waals surface area contributed by atoms with Crippen LogP contribution >= 0.6 is 0 Å². The molecule has 7 heteroatoms. The SMILES string of the molecule is NCc1cccc(NC2=NOC(c3ccccc3)(C(F)(F)F)C2)c1. The maximum atomic E-state index is 13.7. The Balaban J connectivity index is 1.85. The van der Waals surface area contributed by atoms with Crippen molar-refractivity contribution < 1.29 is 18.0 Å². The number of nitrogens with two attached hydrogens (primary N) is 1. The quantitative estimate of drug-likeness (QED) is 0.898. The molecular formula is C17H16F3N3O. The summed E-state index contributed by atoms with van der Waals surface area (Å²) in [5.41, 5.74) is 4.61. The van der Waals surface area contributed by atoms with Gasteiger partial charge in [0.1, 0.15) is 0 Å². The number of halogens is 3. The van der Waals surface area contributed by atoms with Crippen LogP contribution in [0.15, 0.2) is 59.8 Å². The maximum absolute atomic E-state index is 13.7. The van der Waals surface area contributed by atoms with Gasteiger partial charge in [-0.05, 0) is 17.7 Å². The molecule has 1 atom stereocenters. The summed E-state index contributed by atoms with van der Waals surface area (Å²) in [6, 6.07) is 14.6. The number of nitrogens with zero attached hydrogens (tertiary/aromatic N) is 1. The fourth-order valence-corrected chi connectivity index (χ4v) is 2.62. The van der Waals surface area contributed by atoms with E-state index in [-0.39, 0.29) is 11.4 Å². The van der Waals surface area contributed by atoms with Crippen LogP contribution in [0.3, 0.4) is 0 Å². The van der Waals surface area contributed by atoms with E-state index in [0.717, 1.165) is 5.56 Å². The fraction of sp³-hybridized carbons (Fsp3) is 0.235. The molecule has 1 aliphatic rings. The Bertz CT molecular complexity index is 746. The van der Waals surface area contributed by atoms with Crippen molar-refractivity contribution in [2.75, 3.05) is 5.32 Å². The summed E-state index contributed by atoms with van der Waals surface area (Å²) in [5.74, 6) is 0.116. The van der Waals surface area contributed by atoms with E-state index in [2.05, 4.69) is 10.5 Å². The number of rotatable bonds is 3. The molecule has 0 saturated heterocycles. The Morgan fingerprint density at radius 1 is 1.12 bits per heavy atom. The van der Waals surface area contributed by atoms with Crippen molar-refractivity contribution in [3.05, 3.63) is 65.7 Å². The minimum Gasteiger partial charge on any atom is -0.372 e. The fourth-order valence-electron chi connectivity index (χ4n) is 2.62. The number of anilines is 1. The molecule has 3 rings (SSSR count). The predicted octanol–water partition coefficient (Wildman–Crippen LogP) is 3.75. The normalized spacial score (nSPS) is 20.4. The van der Waals surface area contributed by atoms with E-state index in [1.54, 1.807) is 36.4 Å². The summed E-state index contributed by atoms with van der Waals surface area (Å²) in [6.07, 6.45) is -5.02. The highest BCUT2D eigenvalue weighted by atomic mass is 19.4. The van der Waals surface area contributed by atoms with Crippen LogP contribution in [-0.2, 0) is 17.0 Å². The lowest BCUT2D eigenvalue weighted by atomic mass is 9.89. The van der Waals surface area contributed by atoms with Gasteiger partial charge in [-0.1, -0.05) is 47.6 Å². The Kier molecular flexibility index (Phi) is 4.19. The second-order valence-electron chi connectivity index (χ2n) is 5.53. The highest BCUT2D eigenvalue weighted by Gasteiger charge is 2.62. The standard InChI is InChI=1S/C17H16F3N3O/c18-17(19,20)16(13-6-2-1-3-7-13)10-15(23-24-16)22-14-8-4-5-12(9-14)11-21/h1-9H,10-11,21H2,(H,22,23). The van der Waals surface area contributed by atoms with Gasteiger partial charge in [-0.3, -0.25) is 0 Å². The highest BCUT2D eigenvalue weighted by Crippen LogP contribution is 2.47. The number of hydrogen-bond acceptors (Lipinski definition) is 4. The molecule has 3 N–H and O–H groups in total. The van der Waals surface area contributed by atoms with Gasteiger partial charge in [0.05, 0.1) is 6.42 Å². The summed E-state index contributed by atoms with van der Waals surface area (Å²) in [7, 11) is 0. The summed E-state index contributed by atoms with van der Waals surface area (Å²) < 4.78 is 41.1. The van der Waals surface area contributed by atoms with Crippen molar-refractivity contribution in [1.29, 1.82) is 0 Å². The topological polar surface area (TPSA) is 59.6 Å². The van der Waals surface area contributed by atoms with Crippen molar-refractivity contribution in [3.63, 3.8) is 0 Å². The van der Waals surface area contributed by atoms with Crippen LogP contribution < -0.4 is 11.1 Å². The molecule has 0 aliphatic carbocycles. The first kappa shape index (κ1) is 16.3. The van der Waals surface area contributed by atoms with E-state index >= 15 is 0 Å². The van der Waals surface area contributed by atoms with Crippen LogP contribution in [0.4, 0.5) is 18.9 Å². The second kappa shape index (κ2) is 6.16. The lowest BCUT2D eigenvalue weighted by Crippen LogP contribution is -2.43. The van der Waals surface area contributed by atoms with Gasteiger partial charge in [0.25, 0.3) is 5.60 Å². The highest BCUT2D eigenvalue weighted by molar-refractivity contribution is 5.96. The Morgan fingerprint density at radius 2 is 1.88 bits per heavy atom. The molecule has 1 aliphatic heterocycles. The van der Waals surface area contributed by atoms with Gasteiger partial charge < -0.3 is 15.9 Å². The van der Waals surface area contributed by atoms with Crippen molar-refractivity contribution in [1.82, 2.24) is 0 Å². The van der Waals surface area contributed by atoms with Gasteiger partial charge in [-0.25, -0.2) is 0 Å². The molecule has 24 heavy (non-hydrogen) atoms. The average Bonchev–Trinajstić information content (AvgIpc) is 3.01. The number of nitrogens with one attached hydrogen (secondary N) is 1. The zero-order chi connectivity index (χ0) is 17.2. The van der Waals surface area contributed by atoms with Crippen LogP contribution in [0.25, 0.3) is 0 Å². The average molecular weight is 335 g/mol. The van der Waals surface area contributed by atoms with Gasteiger partial charge in [0, 0.05) is 17.8 Å². The molecule has 0 aromatic heterocycles. The lowest BCUT2D eigenvalue weighted by molar-refractivity contribution is -0.275. The minimum absolute atomic E-state index is 0.0220. The number of alkyl halides is 3. The van der Waals surface area contributed by atoms with Gasteiger partial charge in [-0.15, -0.1) is 0 Å². The number of hydrogen-bond donors (Lipinski definition) is 2. The van der Waals surface area contributed by atoms with E-state index < -0.39 is 18.2 Å². The molecule has 0 fully saturated rings. The first-order valence-electron chi connectivity index (χ1n) is 7.38. The predicted molar refractivity (Wildman–Crippen MR) is 85.3 cm³/mol. The van der Waals surface area contributed by atoms with Crippen molar-refractivity contribution >= 4 is 11.5 Å². The van der Waals surface area contributed by atoms with Crippen molar-refractivity contribution in [3.8, 4) is 0 Å². The van der Waals surface area contributed by atoms with E-state index in [1.807, 2.05) is 6.07 Å². The summed E-state index contributed by atoms with van der Waals surface area (Å²) >= 11 is 0. The Labute approximate surface area is 137 Å². The zero-order valence-electron chi connectivity index (χ0n) is 12.7. The van der Waals surface area contributed by atoms with E-state index in [1.165, 1.54) is 12.1 Å². The van der Waals surface area contributed by atoms with Crippen LogP contribution in [0, 0.1) is 0 Å². The molecule has 1 heterocycles. The molecule has 0 bridgehead atoms. The molecule has 4 nitrogen and oxygen atoms in total. The lowest BCUT2D eigenvalue weighted by Gasteiger charge is -2.29. The third kappa shape index (κ3) is 2.94. The van der Waals surface area contributed by atoms with Gasteiger partial charge in [-0.2, -0.15) is 13.2 Å². The molecule has 2 aromatic carbocycles. The first-order chi connectivity index (χ1) is 11.4. The third-order valence-electron chi connectivity index (χ3n) is 3.88. The molecule has 0 spiro atoms. The number of oxime groups is 1. The molecule has 1 unspecified atom stereocenters. The Hall–Kier alpha value is -2.54. The molecule has 126 valence electrons. The van der Waals surface area contributed by atoms with E-state index in [4.69, 9.17) is 10.6 Å². The van der Waals surface area contributed by atoms with Crippen LogP contribution in [0.2, 0.25) is 0 Å². The van der Waals surface area contributed by atoms with Gasteiger partial charge >= 0.3 is 6.18 Å². The Morgan fingerprint density at radius 3 is 2.54 bits per heavy atom. The van der Waals surface area contributed by atoms with Crippen molar-refractivity contribution in [2.24, 2.45) is 10.9 Å². The molecule has 0 radical (unpaired) electrons. The molecule has 0 amide bonds. The van der Waals surface area contributed by atoms with Crippen LogP contribution in [0.5, 0.6) is 0 Å². The number of benzene rings is 2. The molecular weight excluding hydrogens is 319 g/mol. The van der Waals surface area contributed by atoms with Gasteiger partial charge in [0.15, 0.2) is 5.84 Å². The zero-order valence-corrected chi connectivity index (χ0v) is 12.7. The van der Waals surface area contributed by atoms with Crippen molar-refractivity contribution in [2.45, 2.75) is 24.7 Å². The van der Waals surface area contributed by atoms with Gasteiger partial charge in [0.2, 0.25) is 0 Å². The molecule has 2 aromatic rings. The molecule has 0 saturated carbocycles. The van der Waals surface area contributed by atoms with Crippen LogP contribution in [0.1, 0.15) is 17.5 Å². The minimum atomic E-state index is -4.60. The largest absolute Gasteiger partial charge is 0.435 e. The maximum Gasteiger partial charge on any atom is 0.435 e. The van der Waals surface area contributed by atoms with E-state index in [0.29, 0.717) is 12.2 Å².